The minimum atomic E-state index is -1.71. The summed E-state index contributed by atoms with van der Waals surface area (Å²) in [6.07, 6.45) is -0.284. The molecule has 0 bridgehead atoms. The molecule has 2 aromatic carbocycles. The van der Waals surface area contributed by atoms with E-state index >= 15 is 8.78 Å². The highest BCUT2D eigenvalue weighted by Crippen LogP contribution is 2.46. The maximum absolute atomic E-state index is 15.2. The molecular weight excluding hydrogens is 516 g/mol. The van der Waals surface area contributed by atoms with Crippen LogP contribution in [0.2, 0.25) is 0 Å². The van der Waals surface area contributed by atoms with Crippen molar-refractivity contribution in [1.29, 1.82) is 0 Å². The van der Waals surface area contributed by atoms with Crippen molar-refractivity contribution in [2.75, 3.05) is 38.3 Å². The normalized spacial score (nSPS) is 23.7. The number of carbonyl (C=O) groups is 1. The number of amides is 1. The molecule has 39 heavy (non-hydrogen) atoms. The van der Waals surface area contributed by atoms with E-state index in [1.807, 2.05) is 7.05 Å². The summed E-state index contributed by atoms with van der Waals surface area (Å²) in [5.41, 5.74) is -1.97. The summed E-state index contributed by atoms with van der Waals surface area (Å²) in [6.45, 7) is 5.25. The van der Waals surface area contributed by atoms with Gasteiger partial charge in [-0.25, -0.2) is 22.6 Å². The summed E-state index contributed by atoms with van der Waals surface area (Å²) >= 11 is 0. The maximum atomic E-state index is 15.2. The van der Waals surface area contributed by atoms with Gasteiger partial charge in [0.25, 0.3) is 0 Å². The summed E-state index contributed by atoms with van der Waals surface area (Å²) < 4.78 is 69.6. The predicted molar refractivity (Wildman–Crippen MR) is 137 cm³/mol. The minimum absolute atomic E-state index is 0.0249. The first-order valence-corrected chi connectivity index (χ1v) is 12.5. The van der Waals surface area contributed by atoms with Gasteiger partial charge < -0.3 is 19.4 Å². The molecule has 2 aliphatic heterocycles. The number of halogens is 4. The molecule has 2 aliphatic rings. The van der Waals surface area contributed by atoms with Gasteiger partial charge in [0.2, 0.25) is 5.91 Å². The summed E-state index contributed by atoms with van der Waals surface area (Å²) in [6, 6.07) is 9.18. The lowest BCUT2D eigenvalue weighted by atomic mass is 9.78. The fraction of sp³-hybridized carbons (Fsp3) is 0.357. The molecule has 0 spiro atoms. The molecule has 5 rings (SSSR count). The Bertz CT molecular complexity index is 1430. The Labute approximate surface area is 223 Å². The van der Waals surface area contributed by atoms with Gasteiger partial charge in [-0.2, -0.15) is 5.10 Å². The highest BCUT2D eigenvalue weighted by atomic mass is 19.1. The fourth-order valence-corrected chi connectivity index (χ4v) is 5.14. The molecule has 11 heteroatoms. The Hall–Kier alpha value is -3.70. The van der Waals surface area contributed by atoms with E-state index in [1.54, 1.807) is 19.1 Å². The Balaban J connectivity index is 1.63. The second-order valence-electron chi connectivity index (χ2n) is 10.0. The van der Waals surface area contributed by atoms with Crippen LogP contribution in [0.3, 0.4) is 0 Å². The number of morpholine rings is 1. The molecule has 3 aromatic rings. The zero-order chi connectivity index (χ0) is 27.9. The molecule has 1 fully saturated rings. The molecule has 1 N–H and O–H groups in total. The Morgan fingerprint density at radius 2 is 1.79 bits per heavy atom. The van der Waals surface area contributed by atoms with Crippen molar-refractivity contribution in [3.05, 3.63) is 88.9 Å². The predicted octanol–water partition coefficient (Wildman–Crippen LogP) is 4.36. The van der Waals surface area contributed by atoms with E-state index in [0.717, 1.165) is 29.8 Å². The van der Waals surface area contributed by atoms with Gasteiger partial charge in [0.05, 0.1) is 30.0 Å². The number of nitrogens with one attached hydrogen (secondary N) is 1. The SMILES string of the molecule is Cc1ccc(C2C(c3ccc(F)cc3F)=NN(c3ccc(F)cc3F)C2(C)C(=O)NCC2CN(C)CCO2)o1. The van der Waals surface area contributed by atoms with E-state index in [2.05, 4.69) is 15.3 Å². The van der Waals surface area contributed by atoms with Crippen molar-refractivity contribution >= 4 is 17.3 Å². The van der Waals surface area contributed by atoms with Crippen LogP contribution in [0.5, 0.6) is 0 Å². The fourth-order valence-electron chi connectivity index (χ4n) is 5.14. The summed E-state index contributed by atoms with van der Waals surface area (Å²) in [5, 5.41) is 8.53. The third kappa shape index (κ3) is 5.04. The average Bonchev–Trinajstić information content (AvgIpc) is 3.43. The van der Waals surface area contributed by atoms with Crippen LogP contribution in [0.15, 0.2) is 58.0 Å². The van der Waals surface area contributed by atoms with Crippen molar-refractivity contribution < 1.29 is 31.5 Å². The molecule has 3 atom stereocenters. The number of ether oxygens (including phenoxy) is 1. The number of rotatable bonds is 6. The smallest absolute Gasteiger partial charge is 0.249 e. The van der Waals surface area contributed by atoms with E-state index < -0.39 is 40.6 Å². The quantitative estimate of drug-likeness (QED) is 0.467. The van der Waals surface area contributed by atoms with Gasteiger partial charge in [-0.15, -0.1) is 0 Å². The monoisotopic (exact) mass is 544 g/mol. The van der Waals surface area contributed by atoms with Crippen LogP contribution in [0, 0.1) is 30.2 Å². The second kappa shape index (κ2) is 10.5. The van der Waals surface area contributed by atoms with Crippen molar-refractivity contribution in [2.24, 2.45) is 5.10 Å². The third-order valence-corrected chi connectivity index (χ3v) is 7.17. The van der Waals surface area contributed by atoms with Gasteiger partial charge in [0, 0.05) is 37.3 Å². The van der Waals surface area contributed by atoms with Gasteiger partial charge in [-0.1, -0.05) is 0 Å². The van der Waals surface area contributed by atoms with E-state index in [9.17, 15) is 13.6 Å². The number of aryl methyl sites for hydroxylation is 1. The maximum Gasteiger partial charge on any atom is 0.249 e. The van der Waals surface area contributed by atoms with Crippen molar-refractivity contribution in [3.8, 4) is 0 Å². The number of likely N-dealkylation sites (N-methyl/N-ethyl adjacent to an activating group) is 1. The lowest BCUT2D eigenvalue weighted by Crippen LogP contribution is -2.58. The lowest BCUT2D eigenvalue weighted by Gasteiger charge is -2.37. The Morgan fingerprint density at radius 1 is 1.08 bits per heavy atom. The number of hydrogen-bond donors (Lipinski definition) is 1. The van der Waals surface area contributed by atoms with Gasteiger partial charge in [0.15, 0.2) is 11.4 Å². The number of nitrogens with zero attached hydrogens (tertiary/aromatic N) is 3. The third-order valence-electron chi connectivity index (χ3n) is 7.17. The molecule has 0 radical (unpaired) electrons. The van der Waals surface area contributed by atoms with Crippen LogP contribution in [-0.4, -0.2) is 61.5 Å². The van der Waals surface area contributed by atoms with Crippen LogP contribution in [-0.2, 0) is 9.53 Å². The number of benzene rings is 2. The van der Waals surface area contributed by atoms with Crippen LogP contribution in [0.1, 0.15) is 29.9 Å². The molecule has 206 valence electrons. The Kier molecular flexibility index (Phi) is 7.21. The summed E-state index contributed by atoms with van der Waals surface area (Å²) in [7, 11) is 1.95. The Morgan fingerprint density at radius 3 is 2.44 bits per heavy atom. The van der Waals surface area contributed by atoms with E-state index in [1.165, 1.54) is 13.0 Å². The number of hydrogen-bond acceptors (Lipinski definition) is 6. The van der Waals surface area contributed by atoms with Crippen molar-refractivity contribution in [1.82, 2.24) is 10.2 Å². The first kappa shape index (κ1) is 26.9. The molecule has 1 amide bonds. The molecule has 1 saturated heterocycles. The van der Waals surface area contributed by atoms with E-state index in [4.69, 9.17) is 9.15 Å². The van der Waals surface area contributed by atoms with Gasteiger partial charge in [0.1, 0.15) is 29.0 Å². The van der Waals surface area contributed by atoms with Crippen LogP contribution in [0.25, 0.3) is 0 Å². The zero-order valence-corrected chi connectivity index (χ0v) is 21.7. The highest BCUT2D eigenvalue weighted by molar-refractivity contribution is 6.13. The molecule has 0 aliphatic carbocycles. The van der Waals surface area contributed by atoms with E-state index in [0.29, 0.717) is 31.0 Å². The topological polar surface area (TPSA) is 70.3 Å². The summed E-state index contributed by atoms with van der Waals surface area (Å²) in [5.74, 6) is -4.31. The van der Waals surface area contributed by atoms with Crippen molar-refractivity contribution in [2.45, 2.75) is 31.4 Å². The number of furan rings is 1. The molecule has 3 unspecified atom stereocenters. The molecule has 0 saturated carbocycles. The molecular formula is C28H28F4N4O3. The van der Waals surface area contributed by atoms with Gasteiger partial charge in [-0.05, 0) is 57.3 Å². The number of hydrazone groups is 1. The molecule has 1 aromatic heterocycles. The standard InChI is InChI=1S/C28H28F4N4O3/c1-16-4-9-24(39-16)25-26(20-7-5-17(29)12-21(20)31)34-36(23-8-6-18(30)13-22(23)32)28(25,2)27(37)33-14-19-15-35(3)10-11-38-19/h4-9,12-13,19,25H,10-11,14-15H2,1-3H3,(H,33,37). The number of anilines is 1. The zero-order valence-electron chi connectivity index (χ0n) is 21.7. The molecule has 3 heterocycles. The van der Waals surface area contributed by atoms with Crippen LogP contribution >= 0.6 is 0 Å². The van der Waals surface area contributed by atoms with Gasteiger partial charge >= 0.3 is 0 Å². The minimum Gasteiger partial charge on any atom is -0.466 e. The lowest BCUT2D eigenvalue weighted by molar-refractivity contribution is -0.127. The van der Waals surface area contributed by atoms with Crippen LogP contribution in [0.4, 0.5) is 23.2 Å². The van der Waals surface area contributed by atoms with E-state index in [-0.39, 0.29) is 35.4 Å². The van der Waals surface area contributed by atoms with Crippen LogP contribution < -0.4 is 10.3 Å². The summed E-state index contributed by atoms with van der Waals surface area (Å²) in [4.78, 5) is 16.1. The molecule has 7 nitrogen and oxygen atoms in total. The van der Waals surface area contributed by atoms with Gasteiger partial charge in [-0.3, -0.25) is 4.79 Å². The first-order chi connectivity index (χ1) is 18.6. The van der Waals surface area contributed by atoms with Crippen molar-refractivity contribution in [3.63, 3.8) is 0 Å². The average molecular weight is 545 g/mol. The number of carbonyl (C=O) groups excluding carboxylic acids is 1. The highest BCUT2D eigenvalue weighted by Gasteiger charge is 2.57. The first-order valence-electron chi connectivity index (χ1n) is 12.5. The second-order valence-corrected chi connectivity index (χ2v) is 10.0. The largest absolute Gasteiger partial charge is 0.466 e.